The number of hydrogen-bond donors (Lipinski definition) is 0. The first-order chi connectivity index (χ1) is 10.6. The summed E-state index contributed by atoms with van der Waals surface area (Å²) in [5, 5.41) is 4.50. The van der Waals surface area contributed by atoms with Crippen molar-refractivity contribution < 1.29 is 9.59 Å². The Morgan fingerprint density at radius 3 is 2.26 bits per heavy atom. The van der Waals surface area contributed by atoms with Gasteiger partial charge in [-0.3, -0.25) is 14.3 Å². The first kappa shape index (κ1) is 17.5. The van der Waals surface area contributed by atoms with Crippen LogP contribution in [0.5, 0.6) is 0 Å². The van der Waals surface area contributed by atoms with Gasteiger partial charge in [0.15, 0.2) is 5.69 Å². The highest BCUT2D eigenvalue weighted by atomic mass is 16.2. The number of nitrogens with zero attached hydrogens (tertiary/aromatic N) is 4. The molecule has 128 valence electrons. The summed E-state index contributed by atoms with van der Waals surface area (Å²) in [7, 11) is 1.83. The van der Waals surface area contributed by atoms with Gasteiger partial charge in [0.05, 0.1) is 5.54 Å². The third-order valence-electron chi connectivity index (χ3n) is 4.54. The van der Waals surface area contributed by atoms with Crippen LogP contribution >= 0.6 is 0 Å². The Labute approximate surface area is 138 Å². The van der Waals surface area contributed by atoms with Crippen molar-refractivity contribution in [3.8, 4) is 0 Å². The molecule has 0 unspecified atom stereocenters. The van der Waals surface area contributed by atoms with Gasteiger partial charge in [0.25, 0.3) is 5.91 Å². The van der Waals surface area contributed by atoms with E-state index in [1.807, 2.05) is 29.6 Å². The lowest BCUT2D eigenvalue weighted by Crippen LogP contribution is -2.46. The van der Waals surface area contributed by atoms with Crippen molar-refractivity contribution in [3.05, 3.63) is 17.5 Å². The highest BCUT2D eigenvalue weighted by molar-refractivity contribution is 5.92. The summed E-state index contributed by atoms with van der Waals surface area (Å²) < 4.78 is 1.90. The fourth-order valence-electron chi connectivity index (χ4n) is 3.13. The summed E-state index contributed by atoms with van der Waals surface area (Å²) in [5.74, 6) is 0.0642. The maximum absolute atomic E-state index is 12.7. The zero-order valence-electron chi connectivity index (χ0n) is 15.1. The van der Waals surface area contributed by atoms with E-state index in [4.69, 9.17) is 0 Å². The standard InChI is InChI=1S/C17H28N4O2/c1-12-11-15(18-21(12)17(3,4)5)16(23)20-9-7-14(8-10-20)19(6)13(2)22/h11,14H,7-10H2,1-6H3. The van der Waals surface area contributed by atoms with Crippen molar-refractivity contribution in [2.24, 2.45) is 0 Å². The van der Waals surface area contributed by atoms with Crippen LogP contribution in [0.15, 0.2) is 6.07 Å². The van der Waals surface area contributed by atoms with Crippen LogP contribution in [0.3, 0.4) is 0 Å². The summed E-state index contributed by atoms with van der Waals surface area (Å²) in [5.41, 5.74) is 1.36. The second-order valence-electron chi connectivity index (χ2n) is 7.41. The van der Waals surface area contributed by atoms with E-state index in [2.05, 4.69) is 25.9 Å². The van der Waals surface area contributed by atoms with E-state index in [9.17, 15) is 9.59 Å². The van der Waals surface area contributed by atoms with E-state index in [0.717, 1.165) is 18.5 Å². The van der Waals surface area contributed by atoms with Crippen molar-refractivity contribution in [3.63, 3.8) is 0 Å². The molecule has 6 heteroatoms. The molecule has 23 heavy (non-hydrogen) atoms. The molecule has 1 aliphatic rings. The molecular formula is C17H28N4O2. The van der Waals surface area contributed by atoms with Crippen LogP contribution in [0.25, 0.3) is 0 Å². The number of carbonyl (C=O) groups is 2. The number of carbonyl (C=O) groups excluding carboxylic acids is 2. The van der Waals surface area contributed by atoms with Gasteiger partial charge in [-0.05, 0) is 46.6 Å². The molecule has 0 aliphatic carbocycles. The highest BCUT2D eigenvalue weighted by Crippen LogP contribution is 2.20. The van der Waals surface area contributed by atoms with Gasteiger partial charge in [0.2, 0.25) is 5.91 Å². The van der Waals surface area contributed by atoms with Crippen LogP contribution in [0.2, 0.25) is 0 Å². The Balaban J connectivity index is 2.05. The predicted octanol–water partition coefficient (Wildman–Crippen LogP) is 2.03. The molecule has 0 saturated carbocycles. The minimum atomic E-state index is -0.139. The van der Waals surface area contributed by atoms with Gasteiger partial charge < -0.3 is 9.80 Å². The Bertz CT molecular complexity index is 592. The van der Waals surface area contributed by atoms with E-state index >= 15 is 0 Å². The third-order valence-corrected chi connectivity index (χ3v) is 4.54. The van der Waals surface area contributed by atoms with E-state index in [1.165, 1.54) is 0 Å². The van der Waals surface area contributed by atoms with E-state index in [0.29, 0.717) is 18.8 Å². The lowest BCUT2D eigenvalue weighted by atomic mass is 10.0. The van der Waals surface area contributed by atoms with Gasteiger partial charge in [-0.15, -0.1) is 0 Å². The minimum Gasteiger partial charge on any atom is -0.343 e. The summed E-state index contributed by atoms with van der Waals surface area (Å²) >= 11 is 0. The molecule has 0 atom stereocenters. The Hall–Kier alpha value is -1.85. The van der Waals surface area contributed by atoms with Crippen molar-refractivity contribution in [1.82, 2.24) is 19.6 Å². The molecule has 1 aliphatic heterocycles. The second kappa shape index (κ2) is 6.34. The fourth-order valence-corrected chi connectivity index (χ4v) is 3.13. The van der Waals surface area contributed by atoms with E-state index < -0.39 is 0 Å². The predicted molar refractivity (Wildman–Crippen MR) is 89.3 cm³/mol. The molecule has 1 aromatic heterocycles. The van der Waals surface area contributed by atoms with Crippen LogP contribution in [0.1, 0.15) is 56.7 Å². The number of hydrogen-bond acceptors (Lipinski definition) is 3. The van der Waals surface area contributed by atoms with Gasteiger partial charge in [-0.25, -0.2) is 0 Å². The monoisotopic (exact) mass is 320 g/mol. The number of amides is 2. The molecule has 0 aromatic carbocycles. The number of aromatic nitrogens is 2. The van der Waals surface area contributed by atoms with Gasteiger partial charge in [0.1, 0.15) is 0 Å². The molecule has 0 radical (unpaired) electrons. The number of aryl methyl sites for hydroxylation is 1. The second-order valence-corrected chi connectivity index (χ2v) is 7.41. The fraction of sp³-hybridized carbons (Fsp3) is 0.706. The molecule has 2 heterocycles. The molecule has 0 N–H and O–H groups in total. The highest BCUT2D eigenvalue weighted by Gasteiger charge is 2.29. The number of piperidine rings is 1. The first-order valence-corrected chi connectivity index (χ1v) is 8.21. The average molecular weight is 320 g/mol. The van der Waals surface area contributed by atoms with E-state index in [-0.39, 0.29) is 23.4 Å². The number of likely N-dealkylation sites (tertiary alicyclic amines) is 1. The van der Waals surface area contributed by atoms with Gasteiger partial charge in [-0.2, -0.15) is 5.10 Å². The van der Waals surface area contributed by atoms with Crippen LogP contribution < -0.4 is 0 Å². The third kappa shape index (κ3) is 3.74. The topological polar surface area (TPSA) is 58.4 Å². The van der Waals surface area contributed by atoms with Gasteiger partial charge in [-0.1, -0.05) is 0 Å². The lowest BCUT2D eigenvalue weighted by Gasteiger charge is -2.36. The average Bonchev–Trinajstić information content (AvgIpc) is 2.88. The van der Waals surface area contributed by atoms with Gasteiger partial charge >= 0.3 is 0 Å². The maximum Gasteiger partial charge on any atom is 0.274 e. The Morgan fingerprint density at radius 2 is 1.83 bits per heavy atom. The van der Waals surface area contributed by atoms with Crippen LogP contribution in [0.4, 0.5) is 0 Å². The Kier molecular flexibility index (Phi) is 4.82. The maximum atomic E-state index is 12.7. The summed E-state index contributed by atoms with van der Waals surface area (Å²) in [4.78, 5) is 27.7. The van der Waals surface area contributed by atoms with Crippen molar-refractivity contribution in [2.45, 2.75) is 59.0 Å². The summed E-state index contributed by atoms with van der Waals surface area (Å²) in [6, 6.07) is 2.09. The Morgan fingerprint density at radius 1 is 1.26 bits per heavy atom. The molecule has 6 nitrogen and oxygen atoms in total. The largest absolute Gasteiger partial charge is 0.343 e. The molecule has 1 fully saturated rings. The normalized spacial score (nSPS) is 16.5. The molecule has 2 amide bonds. The molecule has 1 aromatic rings. The molecule has 1 saturated heterocycles. The summed E-state index contributed by atoms with van der Waals surface area (Å²) in [6.07, 6.45) is 1.64. The first-order valence-electron chi connectivity index (χ1n) is 8.21. The number of rotatable bonds is 2. The van der Waals surface area contributed by atoms with Gasteiger partial charge in [0, 0.05) is 38.8 Å². The van der Waals surface area contributed by atoms with Crippen molar-refractivity contribution >= 4 is 11.8 Å². The van der Waals surface area contributed by atoms with E-state index in [1.54, 1.807) is 11.8 Å². The zero-order chi connectivity index (χ0) is 17.4. The molecular weight excluding hydrogens is 292 g/mol. The molecule has 0 spiro atoms. The van der Waals surface area contributed by atoms with Crippen LogP contribution in [0, 0.1) is 6.92 Å². The van der Waals surface area contributed by atoms with Crippen molar-refractivity contribution in [2.75, 3.05) is 20.1 Å². The SMILES string of the molecule is CC(=O)N(C)C1CCN(C(=O)c2cc(C)n(C(C)(C)C)n2)CC1. The molecule has 2 rings (SSSR count). The van der Waals surface area contributed by atoms with Crippen molar-refractivity contribution in [1.29, 1.82) is 0 Å². The minimum absolute atomic E-state index is 0.0139. The summed E-state index contributed by atoms with van der Waals surface area (Å²) in [6.45, 7) is 11.1. The van der Waals surface area contributed by atoms with Crippen LogP contribution in [-0.4, -0.2) is 57.6 Å². The lowest BCUT2D eigenvalue weighted by molar-refractivity contribution is -0.130. The quantitative estimate of drug-likeness (QED) is 0.838. The molecule has 0 bridgehead atoms. The van der Waals surface area contributed by atoms with Crippen LogP contribution in [-0.2, 0) is 10.3 Å². The smallest absolute Gasteiger partial charge is 0.274 e. The zero-order valence-corrected chi connectivity index (χ0v) is 15.1.